The highest BCUT2D eigenvalue weighted by molar-refractivity contribution is 5.61. The first-order chi connectivity index (χ1) is 5.90. The molecule has 2 aliphatic rings. The molecule has 4 heteroatoms. The minimum absolute atomic E-state index is 0.664. The maximum Gasteiger partial charge on any atom is 0.0693 e. The van der Waals surface area contributed by atoms with E-state index in [0.29, 0.717) is 6.04 Å². The van der Waals surface area contributed by atoms with Gasteiger partial charge in [0, 0.05) is 37.7 Å². The summed E-state index contributed by atoms with van der Waals surface area (Å²) in [6.07, 6.45) is 5.77. The lowest BCUT2D eigenvalue weighted by Gasteiger charge is -2.45. The van der Waals surface area contributed by atoms with E-state index in [1.165, 1.54) is 0 Å². The lowest BCUT2D eigenvalue weighted by atomic mass is 10.1. The topological polar surface area (TPSA) is 30.9 Å². The van der Waals surface area contributed by atoms with Crippen LogP contribution >= 0.6 is 0 Å². The molecule has 2 heterocycles. The Kier molecular flexibility index (Phi) is 2.10. The SMILES string of the molecule is CNC1CN(N2C=CN=CC2)C1. The Balaban J connectivity index is 1.81. The zero-order valence-electron chi connectivity index (χ0n) is 7.27. The minimum atomic E-state index is 0.664. The molecule has 0 aliphatic carbocycles. The van der Waals surface area contributed by atoms with Crippen LogP contribution in [0.1, 0.15) is 0 Å². The average Bonchev–Trinajstić information content (AvgIpc) is 2.04. The molecule has 1 saturated heterocycles. The van der Waals surface area contributed by atoms with Crippen LogP contribution in [-0.2, 0) is 0 Å². The zero-order chi connectivity index (χ0) is 8.39. The molecule has 66 valence electrons. The van der Waals surface area contributed by atoms with Crippen LogP contribution in [0, 0.1) is 0 Å². The van der Waals surface area contributed by atoms with E-state index in [0.717, 1.165) is 19.6 Å². The Hall–Kier alpha value is -0.870. The molecule has 0 spiro atoms. The van der Waals surface area contributed by atoms with E-state index < -0.39 is 0 Å². The molecule has 0 saturated carbocycles. The van der Waals surface area contributed by atoms with Gasteiger partial charge in [-0.3, -0.25) is 4.99 Å². The second-order valence-corrected chi connectivity index (χ2v) is 3.11. The van der Waals surface area contributed by atoms with Crippen molar-refractivity contribution in [3.63, 3.8) is 0 Å². The normalized spacial score (nSPS) is 24.6. The number of aliphatic imine (C=N–C) groups is 1. The third-order valence-corrected chi connectivity index (χ3v) is 2.33. The van der Waals surface area contributed by atoms with Crippen molar-refractivity contribution < 1.29 is 0 Å². The second-order valence-electron chi connectivity index (χ2n) is 3.11. The third-order valence-electron chi connectivity index (χ3n) is 2.33. The maximum absolute atomic E-state index is 4.02. The number of nitrogens with one attached hydrogen (secondary N) is 1. The van der Waals surface area contributed by atoms with Gasteiger partial charge in [-0.25, -0.2) is 5.01 Å². The van der Waals surface area contributed by atoms with Gasteiger partial charge >= 0.3 is 0 Å². The molecular formula is C8H14N4. The summed E-state index contributed by atoms with van der Waals surface area (Å²) < 4.78 is 0. The standard InChI is InChI=1S/C8H14N4/c1-9-8-6-12(7-8)11-4-2-10-3-5-11/h2-4,8-9H,5-7H2,1H3. The summed E-state index contributed by atoms with van der Waals surface area (Å²) in [5.74, 6) is 0. The molecule has 0 unspecified atom stereocenters. The first kappa shape index (κ1) is 7.76. The summed E-state index contributed by atoms with van der Waals surface area (Å²) in [7, 11) is 2.01. The van der Waals surface area contributed by atoms with Crippen molar-refractivity contribution in [1.82, 2.24) is 15.3 Å². The molecule has 2 rings (SSSR count). The van der Waals surface area contributed by atoms with Crippen LogP contribution in [0.4, 0.5) is 0 Å². The van der Waals surface area contributed by atoms with Crippen molar-refractivity contribution in [2.75, 3.05) is 26.7 Å². The van der Waals surface area contributed by atoms with Gasteiger partial charge in [-0.05, 0) is 7.05 Å². The van der Waals surface area contributed by atoms with Gasteiger partial charge in [0.2, 0.25) is 0 Å². The van der Waals surface area contributed by atoms with Gasteiger partial charge < -0.3 is 10.3 Å². The van der Waals surface area contributed by atoms with Crippen molar-refractivity contribution in [3.8, 4) is 0 Å². The number of nitrogens with zero attached hydrogens (tertiary/aromatic N) is 3. The summed E-state index contributed by atoms with van der Waals surface area (Å²) >= 11 is 0. The molecular weight excluding hydrogens is 152 g/mol. The molecule has 0 amide bonds. The lowest BCUT2D eigenvalue weighted by molar-refractivity contribution is -0.0434. The largest absolute Gasteiger partial charge is 0.314 e. The Morgan fingerprint density at radius 1 is 1.50 bits per heavy atom. The van der Waals surface area contributed by atoms with Crippen LogP contribution in [0.5, 0.6) is 0 Å². The fourth-order valence-corrected chi connectivity index (χ4v) is 1.43. The van der Waals surface area contributed by atoms with Crippen LogP contribution in [-0.4, -0.2) is 49.0 Å². The van der Waals surface area contributed by atoms with Crippen LogP contribution in [0.3, 0.4) is 0 Å². The molecule has 0 aromatic carbocycles. The van der Waals surface area contributed by atoms with Gasteiger partial charge in [0.1, 0.15) is 0 Å². The predicted molar refractivity (Wildman–Crippen MR) is 48.8 cm³/mol. The fourth-order valence-electron chi connectivity index (χ4n) is 1.43. The molecule has 0 radical (unpaired) electrons. The number of hydrogen-bond acceptors (Lipinski definition) is 4. The quantitative estimate of drug-likeness (QED) is 0.609. The smallest absolute Gasteiger partial charge is 0.0693 e. The fraction of sp³-hybridized carbons (Fsp3) is 0.625. The summed E-state index contributed by atoms with van der Waals surface area (Å²) in [5.41, 5.74) is 0. The van der Waals surface area contributed by atoms with E-state index in [9.17, 15) is 0 Å². The van der Waals surface area contributed by atoms with Crippen molar-refractivity contribution in [1.29, 1.82) is 0 Å². The number of hydrazine groups is 1. The monoisotopic (exact) mass is 166 g/mol. The van der Waals surface area contributed by atoms with E-state index in [4.69, 9.17) is 0 Å². The van der Waals surface area contributed by atoms with Crippen LogP contribution in [0.15, 0.2) is 17.4 Å². The summed E-state index contributed by atoms with van der Waals surface area (Å²) in [5, 5.41) is 7.75. The highest BCUT2D eigenvalue weighted by Crippen LogP contribution is 2.12. The molecule has 1 N–H and O–H groups in total. The predicted octanol–water partition coefficient (Wildman–Crippen LogP) is -0.337. The van der Waals surface area contributed by atoms with Gasteiger partial charge in [0.15, 0.2) is 0 Å². The van der Waals surface area contributed by atoms with Gasteiger partial charge in [0.05, 0.1) is 6.54 Å². The van der Waals surface area contributed by atoms with Crippen molar-refractivity contribution in [3.05, 3.63) is 12.4 Å². The first-order valence-corrected chi connectivity index (χ1v) is 4.27. The molecule has 0 atom stereocenters. The van der Waals surface area contributed by atoms with Crippen LogP contribution < -0.4 is 5.32 Å². The number of rotatable bonds is 2. The highest BCUT2D eigenvalue weighted by Gasteiger charge is 2.28. The highest BCUT2D eigenvalue weighted by atomic mass is 15.6. The van der Waals surface area contributed by atoms with E-state index >= 15 is 0 Å². The second kappa shape index (κ2) is 3.25. The van der Waals surface area contributed by atoms with Crippen LogP contribution in [0.25, 0.3) is 0 Å². The molecule has 2 aliphatic heterocycles. The van der Waals surface area contributed by atoms with Gasteiger partial charge in [-0.1, -0.05) is 0 Å². The Labute approximate surface area is 72.5 Å². The molecule has 12 heavy (non-hydrogen) atoms. The number of hydrogen-bond donors (Lipinski definition) is 1. The molecule has 0 bridgehead atoms. The van der Waals surface area contributed by atoms with Crippen LogP contribution in [0.2, 0.25) is 0 Å². The van der Waals surface area contributed by atoms with E-state index in [-0.39, 0.29) is 0 Å². The Bertz CT molecular complexity index is 205. The summed E-state index contributed by atoms with van der Waals surface area (Å²) in [6, 6.07) is 0.664. The summed E-state index contributed by atoms with van der Waals surface area (Å²) in [6.45, 7) is 3.12. The molecule has 0 aromatic heterocycles. The van der Waals surface area contributed by atoms with Crippen molar-refractivity contribution in [2.45, 2.75) is 6.04 Å². The van der Waals surface area contributed by atoms with Gasteiger partial charge in [-0.2, -0.15) is 0 Å². The molecule has 4 nitrogen and oxygen atoms in total. The number of likely N-dealkylation sites (N-methyl/N-ethyl adjacent to an activating group) is 1. The molecule has 1 fully saturated rings. The minimum Gasteiger partial charge on any atom is -0.314 e. The van der Waals surface area contributed by atoms with E-state index in [2.05, 4.69) is 20.3 Å². The summed E-state index contributed by atoms with van der Waals surface area (Å²) in [4.78, 5) is 4.02. The zero-order valence-corrected chi connectivity index (χ0v) is 7.27. The maximum atomic E-state index is 4.02. The Morgan fingerprint density at radius 2 is 2.33 bits per heavy atom. The Morgan fingerprint density at radius 3 is 2.92 bits per heavy atom. The van der Waals surface area contributed by atoms with E-state index in [1.807, 2.05) is 25.7 Å². The average molecular weight is 166 g/mol. The van der Waals surface area contributed by atoms with Gasteiger partial charge in [0.25, 0.3) is 0 Å². The lowest BCUT2D eigenvalue weighted by Crippen LogP contribution is -2.62. The van der Waals surface area contributed by atoms with Crippen molar-refractivity contribution >= 4 is 6.21 Å². The van der Waals surface area contributed by atoms with E-state index in [1.54, 1.807) is 0 Å². The van der Waals surface area contributed by atoms with Crippen molar-refractivity contribution in [2.24, 2.45) is 4.99 Å². The first-order valence-electron chi connectivity index (χ1n) is 4.27. The van der Waals surface area contributed by atoms with Gasteiger partial charge in [-0.15, -0.1) is 0 Å². The molecule has 0 aromatic rings. The third kappa shape index (κ3) is 1.35.